The van der Waals surface area contributed by atoms with E-state index in [1.807, 2.05) is 11.6 Å². The van der Waals surface area contributed by atoms with E-state index in [4.69, 9.17) is 0 Å². The van der Waals surface area contributed by atoms with Crippen molar-refractivity contribution in [1.29, 1.82) is 0 Å². The van der Waals surface area contributed by atoms with Crippen LogP contribution in [0.15, 0.2) is 29.4 Å². The molecule has 1 unspecified atom stereocenters. The molecule has 2 aromatic rings. The maximum absolute atomic E-state index is 12.7. The first-order valence-corrected chi connectivity index (χ1v) is 8.67. The molecule has 1 saturated carbocycles. The molecule has 1 aromatic heterocycles. The molecule has 0 aliphatic heterocycles. The standard InChI is InChI=1S/C16H17F3N4OS/c1-9(25-15-22-21-13(23(15)2)10-6-7-10)14(24)20-12-5-3-4-11(8-12)16(17,18)19/h3-5,8-10H,6-7H2,1-2H3,(H,20,24). The third-order valence-corrected chi connectivity index (χ3v) is 5.05. The lowest BCUT2D eigenvalue weighted by molar-refractivity contribution is -0.137. The summed E-state index contributed by atoms with van der Waals surface area (Å²) >= 11 is 1.23. The van der Waals surface area contributed by atoms with Gasteiger partial charge in [0, 0.05) is 18.7 Å². The van der Waals surface area contributed by atoms with Gasteiger partial charge in [0.25, 0.3) is 0 Å². The minimum absolute atomic E-state index is 0.115. The Labute approximate surface area is 147 Å². The van der Waals surface area contributed by atoms with Crippen molar-refractivity contribution in [3.05, 3.63) is 35.7 Å². The Bertz CT molecular complexity index is 786. The maximum Gasteiger partial charge on any atom is 0.416 e. The van der Waals surface area contributed by atoms with Crippen LogP contribution in [-0.2, 0) is 18.0 Å². The van der Waals surface area contributed by atoms with Gasteiger partial charge in [-0.15, -0.1) is 10.2 Å². The molecule has 1 fully saturated rings. The van der Waals surface area contributed by atoms with Crippen molar-refractivity contribution in [2.24, 2.45) is 7.05 Å². The molecule has 1 amide bonds. The second-order valence-electron chi connectivity index (χ2n) is 6.00. The number of carbonyl (C=O) groups is 1. The van der Waals surface area contributed by atoms with Crippen molar-refractivity contribution >= 4 is 23.4 Å². The first kappa shape index (κ1) is 17.8. The maximum atomic E-state index is 12.7. The monoisotopic (exact) mass is 370 g/mol. The molecule has 1 aliphatic rings. The van der Waals surface area contributed by atoms with Crippen LogP contribution in [0.1, 0.15) is 37.1 Å². The Hall–Kier alpha value is -2.03. The van der Waals surface area contributed by atoms with Crippen LogP contribution in [0.4, 0.5) is 18.9 Å². The lowest BCUT2D eigenvalue weighted by atomic mass is 10.2. The van der Waals surface area contributed by atoms with Crippen LogP contribution in [0.2, 0.25) is 0 Å². The van der Waals surface area contributed by atoms with Gasteiger partial charge in [-0.1, -0.05) is 17.8 Å². The Morgan fingerprint density at radius 1 is 1.36 bits per heavy atom. The van der Waals surface area contributed by atoms with E-state index >= 15 is 0 Å². The van der Waals surface area contributed by atoms with Crippen LogP contribution in [0.25, 0.3) is 0 Å². The van der Waals surface area contributed by atoms with Crippen LogP contribution in [0.5, 0.6) is 0 Å². The van der Waals surface area contributed by atoms with Crippen molar-refractivity contribution in [2.45, 2.75) is 42.3 Å². The normalized spacial score (nSPS) is 15.9. The number of nitrogens with one attached hydrogen (secondary N) is 1. The van der Waals surface area contributed by atoms with Gasteiger partial charge >= 0.3 is 6.18 Å². The van der Waals surface area contributed by atoms with E-state index in [0.29, 0.717) is 11.1 Å². The predicted octanol–water partition coefficient (Wildman–Crippen LogP) is 3.83. The van der Waals surface area contributed by atoms with Crippen molar-refractivity contribution in [1.82, 2.24) is 14.8 Å². The number of halogens is 3. The fourth-order valence-corrected chi connectivity index (χ4v) is 3.18. The summed E-state index contributed by atoms with van der Waals surface area (Å²) in [7, 11) is 1.85. The molecular formula is C16H17F3N4OS. The average Bonchev–Trinajstić information content (AvgIpc) is 3.32. The highest BCUT2D eigenvalue weighted by atomic mass is 32.2. The number of hydrogen-bond acceptors (Lipinski definition) is 4. The minimum Gasteiger partial charge on any atom is -0.325 e. The number of benzene rings is 1. The van der Waals surface area contributed by atoms with Crippen LogP contribution in [0, 0.1) is 0 Å². The summed E-state index contributed by atoms with van der Waals surface area (Å²) < 4.78 is 40.1. The lowest BCUT2D eigenvalue weighted by Crippen LogP contribution is -2.23. The molecule has 1 atom stereocenters. The van der Waals surface area contributed by atoms with Crippen molar-refractivity contribution in [2.75, 3.05) is 5.32 Å². The molecule has 1 N–H and O–H groups in total. The van der Waals surface area contributed by atoms with E-state index < -0.39 is 17.0 Å². The van der Waals surface area contributed by atoms with Crippen LogP contribution < -0.4 is 5.32 Å². The number of carbonyl (C=O) groups excluding carboxylic acids is 1. The summed E-state index contributed by atoms with van der Waals surface area (Å²) in [4.78, 5) is 12.3. The van der Waals surface area contributed by atoms with Gasteiger partial charge in [-0.2, -0.15) is 13.2 Å². The first-order valence-electron chi connectivity index (χ1n) is 7.80. The van der Waals surface area contributed by atoms with Gasteiger partial charge < -0.3 is 9.88 Å². The highest BCUT2D eigenvalue weighted by Crippen LogP contribution is 2.39. The second-order valence-corrected chi connectivity index (χ2v) is 7.31. The SMILES string of the molecule is CC(Sc1nnc(C2CC2)n1C)C(=O)Nc1cccc(C(F)(F)F)c1. The van der Waals surface area contributed by atoms with E-state index in [9.17, 15) is 18.0 Å². The van der Waals surface area contributed by atoms with Gasteiger partial charge in [0.05, 0.1) is 10.8 Å². The summed E-state index contributed by atoms with van der Waals surface area (Å²) in [5.41, 5.74) is -0.683. The number of amides is 1. The molecular weight excluding hydrogens is 353 g/mol. The highest BCUT2D eigenvalue weighted by molar-refractivity contribution is 8.00. The molecule has 3 rings (SSSR count). The summed E-state index contributed by atoms with van der Waals surface area (Å²) in [5, 5.41) is 10.9. The van der Waals surface area contributed by atoms with E-state index in [0.717, 1.165) is 30.8 Å². The quantitative estimate of drug-likeness (QED) is 0.813. The fourth-order valence-electron chi connectivity index (χ4n) is 2.35. The smallest absolute Gasteiger partial charge is 0.325 e. The average molecular weight is 370 g/mol. The number of rotatable bonds is 5. The van der Waals surface area contributed by atoms with E-state index in [1.165, 1.54) is 23.9 Å². The number of thioether (sulfide) groups is 1. The molecule has 0 spiro atoms. The minimum atomic E-state index is -4.45. The van der Waals surface area contributed by atoms with Gasteiger partial charge in [-0.3, -0.25) is 4.79 Å². The largest absolute Gasteiger partial charge is 0.416 e. The lowest BCUT2D eigenvalue weighted by Gasteiger charge is -2.13. The predicted molar refractivity (Wildman–Crippen MR) is 88.4 cm³/mol. The summed E-state index contributed by atoms with van der Waals surface area (Å²) in [5.74, 6) is 0.967. The zero-order valence-electron chi connectivity index (χ0n) is 13.7. The number of hydrogen-bond donors (Lipinski definition) is 1. The molecule has 0 bridgehead atoms. The van der Waals surface area contributed by atoms with Crippen LogP contribution in [-0.4, -0.2) is 25.9 Å². The van der Waals surface area contributed by atoms with Gasteiger partial charge in [-0.05, 0) is 38.0 Å². The molecule has 9 heteroatoms. The second kappa shape index (κ2) is 6.70. The zero-order chi connectivity index (χ0) is 18.2. The van der Waals surface area contributed by atoms with Gasteiger partial charge in [0.1, 0.15) is 5.82 Å². The molecule has 134 valence electrons. The summed E-state index contributed by atoms with van der Waals surface area (Å²) in [6.45, 7) is 1.68. The molecule has 5 nitrogen and oxygen atoms in total. The van der Waals surface area contributed by atoms with Gasteiger partial charge in [-0.25, -0.2) is 0 Å². The molecule has 1 heterocycles. The van der Waals surface area contributed by atoms with E-state index in [1.54, 1.807) is 6.92 Å². The Balaban J connectivity index is 1.65. The third-order valence-electron chi connectivity index (χ3n) is 3.92. The van der Waals surface area contributed by atoms with Crippen molar-refractivity contribution in [3.8, 4) is 0 Å². The fraction of sp³-hybridized carbons (Fsp3) is 0.438. The third kappa shape index (κ3) is 4.15. The zero-order valence-corrected chi connectivity index (χ0v) is 14.5. The molecule has 1 aromatic carbocycles. The van der Waals surface area contributed by atoms with Gasteiger partial charge in [0.2, 0.25) is 5.91 Å². The number of nitrogens with zero attached hydrogens (tertiary/aromatic N) is 3. The van der Waals surface area contributed by atoms with Gasteiger partial charge in [0.15, 0.2) is 5.16 Å². The number of alkyl halides is 3. The Morgan fingerprint density at radius 3 is 2.72 bits per heavy atom. The Kier molecular flexibility index (Phi) is 4.77. The topological polar surface area (TPSA) is 59.8 Å². The van der Waals surface area contributed by atoms with Crippen molar-refractivity contribution in [3.63, 3.8) is 0 Å². The molecule has 0 radical (unpaired) electrons. The number of anilines is 1. The highest BCUT2D eigenvalue weighted by Gasteiger charge is 2.31. The van der Waals surface area contributed by atoms with E-state index in [2.05, 4.69) is 15.5 Å². The molecule has 25 heavy (non-hydrogen) atoms. The first-order chi connectivity index (χ1) is 11.8. The summed E-state index contributed by atoms with van der Waals surface area (Å²) in [6.07, 6.45) is -2.25. The molecule has 1 aliphatic carbocycles. The summed E-state index contributed by atoms with van der Waals surface area (Å²) in [6, 6.07) is 4.58. The van der Waals surface area contributed by atoms with Crippen molar-refractivity contribution < 1.29 is 18.0 Å². The number of aromatic nitrogens is 3. The Morgan fingerprint density at radius 2 is 2.08 bits per heavy atom. The van der Waals surface area contributed by atoms with Crippen LogP contribution in [0.3, 0.4) is 0 Å². The van der Waals surface area contributed by atoms with Crippen LogP contribution >= 0.6 is 11.8 Å². The molecule has 0 saturated heterocycles. The van der Waals surface area contributed by atoms with E-state index in [-0.39, 0.29) is 11.6 Å².